The Morgan fingerprint density at radius 3 is 2.46 bits per heavy atom. The third-order valence-corrected chi connectivity index (χ3v) is 2.99. The molecule has 0 amide bonds. The summed E-state index contributed by atoms with van der Waals surface area (Å²) in [6, 6.07) is 0.563. The molecule has 2 unspecified atom stereocenters. The molecule has 2 heteroatoms. The zero-order chi connectivity index (χ0) is 9.84. The zero-order valence-electron chi connectivity index (χ0n) is 9.16. The Morgan fingerprint density at radius 1 is 1.38 bits per heavy atom. The lowest BCUT2D eigenvalue weighted by atomic mass is 9.92. The minimum absolute atomic E-state index is 0.153. The van der Waals surface area contributed by atoms with Gasteiger partial charge in [-0.25, -0.2) is 0 Å². The van der Waals surface area contributed by atoms with Crippen molar-refractivity contribution < 1.29 is 5.11 Å². The van der Waals surface area contributed by atoms with Crippen molar-refractivity contribution in [2.75, 3.05) is 13.1 Å². The number of hydrogen-bond donors (Lipinski definition) is 1. The molecule has 1 aliphatic heterocycles. The second-order valence-corrected chi connectivity index (χ2v) is 4.54. The number of hydrogen-bond acceptors (Lipinski definition) is 2. The maximum atomic E-state index is 9.23. The summed E-state index contributed by atoms with van der Waals surface area (Å²) >= 11 is 0. The van der Waals surface area contributed by atoms with E-state index in [9.17, 15) is 5.11 Å². The van der Waals surface area contributed by atoms with Crippen molar-refractivity contribution >= 4 is 0 Å². The summed E-state index contributed by atoms with van der Waals surface area (Å²) in [7, 11) is 0. The second kappa shape index (κ2) is 4.97. The highest BCUT2D eigenvalue weighted by atomic mass is 16.3. The third-order valence-electron chi connectivity index (χ3n) is 2.99. The Bertz CT molecular complexity index is 141. The Morgan fingerprint density at radius 2 is 2.00 bits per heavy atom. The first kappa shape index (κ1) is 11.0. The van der Waals surface area contributed by atoms with Crippen molar-refractivity contribution in [2.24, 2.45) is 5.92 Å². The van der Waals surface area contributed by atoms with Gasteiger partial charge in [-0.2, -0.15) is 0 Å². The van der Waals surface area contributed by atoms with Crippen LogP contribution >= 0.6 is 0 Å². The highest BCUT2D eigenvalue weighted by molar-refractivity contribution is 4.83. The number of aliphatic hydroxyl groups excluding tert-OH is 1. The van der Waals surface area contributed by atoms with E-state index in [0.29, 0.717) is 6.04 Å². The SMILES string of the molecule is CCCC1CN(C(C)CC(C)O)C1. The van der Waals surface area contributed by atoms with Gasteiger partial charge in [-0.1, -0.05) is 13.3 Å². The molecule has 13 heavy (non-hydrogen) atoms. The van der Waals surface area contributed by atoms with Gasteiger partial charge in [0.1, 0.15) is 0 Å². The summed E-state index contributed by atoms with van der Waals surface area (Å²) < 4.78 is 0. The first-order valence-electron chi connectivity index (χ1n) is 5.55. The van der Waals surface area contributed by atoms with Crippen molar-refractivity contribution in [3.8, 4) is 0 Å². The van der Waals surface area contributed by atoms with Gasteiger partial charge in [0, 0.05) is 19.1 Å². The van der Waals surface area contributed by atoms with Crippen molar-refractivity contribution in [3.05, 3.63) is 0 Å². The fourth-order valence-electron chi connectivity index (χ4n) is 2.20. The van der Waals surface area contributed by atoms with E-state index in [1.165, 1.54) is 25.9 Å². The molecule has 0 spiro atoms. The van der Waals surface area contributed by atoms with Gasteiger partial charge in [-0.15, -0.1) is 0 Å². The minimum atomic E-state index is -0.153. The lowest BCUT2D eigenvalue weighted by Gasteiger charge is -2.43. The predicted molar refractivity (Wildman–Crippen MR) is 55.7 cm³/mol. The van der Waals surface area contributed by atoms with Crippen molar-refractivity contribution in [1.82, 2.24) is 4.90 Å². The Kier molecular flexibility index (Phi) is 4.20. The van der Waals surface area contributed by atoms with Crippen LogP contribution in [0.4, 0.5) is 0 Å². The number of aliphatic hydroxyl groups is 1. The van der Waals surface area contributed by atoms with Crippen LogP contribution in [0.15, 0.2) is 0 Å². The molecule has 0 aromatic carbocycles. The molecule has 0 bridgehead atoms. The molecule has 1 rings (SSSR count). The molecule has 1 N–H and O–H groups in total. The molecule has 0 aliphatic carbocycles. The molecule has 0 radical (unpaired) electrons. The van der Waals surface area contributed by atoms with Crippen LogP contribution in [0.1, 0.15) is 40.0 Å². The van der Waals surface area contributed by atoms with Gasteiger partial charge in [0.25, 0.3) is 0 Å². The van der Waals surface area contributed by atoms with E-state index >= 15 is 0 Å². The van der Waals surface area contributed by atoms with Crippen LogP contribution in [0, 0.1) is 5.92 Å². The fourth-order valence-corrected chi connectivity index (χ4v) is 2.20. The van der Waals surface area contributed by atoms with E-state index in [-0.39, 0.29) is 6.10 Å². The average molecular weight is 185 g/mol. The summed E-state index contributed by atoms with van der Waals surface area (Å²) in [6.45, 7) is 8.85. The lowest BCUT2D eigenvalue weighted by molar-refractivity contribution is 0.0312. The van der Waals surface area contributed by atoms with Crippen LogP contribution in [-0.2, 0) is 0 Å². The smallest absolute Gasteiger partial charge is 0.0526 e. The molecular weight excluding hydrogens is 162 g/mol. The molecule has 1 fully saturated rings. The first-order chi connectivity index (χ1) is 6.13. The van der Waals surface area contributed by atoms with E-state index in [0.717, 1.165) is 12.3 Å². The normalized spacial score (nSPS) is 24.0. The summed E-state index contributed by atoms with van der Waals surface area (Å²) in [4.78, 5) is 2.48. The highest BCUT2D eigenvalue weighted by Gasteiger charge is 2.29. The maximum Gasteiger partial charge on any atom is 0.0526 e. The van der Waals surface area contributed by atoms with Crippen LogP contribution in [-0.4, -0.2) is 35.2 Å². The molecular formula is C11H23NO. The zero-order valence-corrected chi connectivity index (χ0v) is 9.16. The number of nitrogens with zero attached hydrogens (tertiary/aromatic N) is 1. The van der Waals surface area contributed by atoms with Crippen molar-refractivity contribution in [3.63, 3.8) is 0 Å². The van der Waals surface area contributed by atoms with E-state index in [1.54, 1.807) is 0 Å². The molecule has 0 aromatic heterocycles. The quantitative estimate of drug-likeness (QED) is 0.707. The molecule has 1 heterocycles. The van der Waals surface area contributed by atoms with Crippen molar-refractivity contribution in [1.29, 1.82) is 0 Å². The largest absolute Gasteiger partial charge is 0.393 e. The van der Waals surface area contributed by atoms with Crippen LogP contribution in [0.5, 0.6) is 0 Å². The fraction of sp³-hybridized carbons (Fsp3) is 1.00. The van der Waals surface area contributed by atoms with Crippen LogP contribution < -0.4 is 0 Å². The van der Waals surface area contributed by atoms with Crippen molar-refractivity contribution in [2.45, 2.75) is 52.2 Å². The summed E-state index contributed by atoms with van der Waals surface area (Å²) in [6.07, 6.45) is 3.44. The van der Waals surface area contributed by atoms with E-state index in [1.807, 2.05) is 6.92 Å². The first-order valence-corrected chi connectivity index (χ1v) is 5.55. The molecule has 1 aliphatic rings. The molecule has 0 saturated carbocycles. The number of likely N-dealkylation sites (tertiary alicyclic amines) is 1. The Balaban J connectivity index is 2.11. The van der Waals surface area contributed by atoms with Gasteiger partial charge < -0.3 is 5.11 Å². The van der Waals surface area contributed by atoms with Gasteiger partial charge in [0.2, 0.25) is 0 Å². The molecule has 78 valence electrons. The van der Waals surface area contributed by atoms with Gasteiger partial charge in [-0.05, 0) is 32.6 Å². The van der Waals surface area contributed by atoms with E-state index in [4.69, 9.17) is 0 Å². The maximum absolute atomic E-state index is 9.23. The molecule has 2 nitrogen and oxygen atoms in total. The standard InChI is InChI=1S/C11H23NO/c1-4-5-11-7-12(8-11)9(2)6-10(3)13/h9-11,13H,4-8H2,1-3H3. The molecule has 0 aromatic rings. The second-order valence-electron chi connectivity index (χ2n) is 4.54. The Hall–Kier alpha value is -0.0800. The predicted octanol–water partition coefficient (Wildman–Crippen LogP) is 1.88. The summed E-state index contributed by atoms with van der Waals surface area (Å²) in [5, 5.41) is 9.23. The lowest BCUT2D eigenvalue weighted by Crippen LogP contribution is -2.51. The van der Waals surface area contributed by atoms with E-state index < -0.39 is 0 Å². The average Bonchev–Trinajstić information content (AvgIpc) is 1.93. The molecule has 1 saturated heterocycles. The monoisotopic (exact) mass is 185 g/mol. The summed E-state index contributed by atoms with van der Waals surface area (Å²) in [5.41, 5.74) is 0. The van der Waals surface area contributed by atoms with Gasteiger partial charge in [-0.3, -0.25) is 4.90 Å². The number of rotatable bonds is 5. The third kappa shape index (κ3) is 3.28. The topological polar surface area (TPSA) is 23.5 Å². The Labute approximate surface area is 81.9 Å². The van der Waals surface area contributed by atoms with Crippen LogP contribution in [0.3, 0.4) is 0 Å². The van der Waals surface area contributed by atoms with Crippen LogP contribution in [0.2, 0.25) is 0 Å². The molecule has 2 atom stereocenters. The highest BCUT2D eigenvalue weighted by Crippen LogP contribution is 2.24. The summed E-state index contributed by atoms with van der Waals surface area (Å²) in [5.74, 6) is 0.932. The van der Waals surface area contributed by atoms with Gasteiger partial charge >= 0.3 is 0 Å². The van der Waals surface area contributed by atoms with Gasteiger partial charge in [0.05, 0.1) is 6.10 Å². The minimum Gasteiger partial charge on any atom is -0.393 e. The van der Waals surface area contributed by atoms with Crippen LogP contribution in [0.25, 0.3) is 0 Å². The van der Waals surface area contributed by atoms with Gasteiger partial charge in [0.15, 0.2) is 0 Å². The van der Waals surface area contributed by atoms with E-state index in [2.05, 4.69) is 18.7 Å².